The van der Waals surface area contributed by atoms with Crippen molar-refractivity contribution in [1.29, 1.82) is 0 Å². The fourth-order valence-corrected chi connectivity index (χ4v) is 9.54. The Hall–Kier alpha value is -7.42. The highest BCUT2D eigenvalue weighted by atomic mass is 15.2. The van der Waals surface area contributed by atoms with E-state index in [2.05, 4.69) is 240 Å². The lowest BCUT2D eigenvalue weighted by Gasteiger charge is -2.34. The van der Waals surface area contributed by atoms with Gasteiger partial charge in [-0.3, -0.25) is 0 Å². The summed E-state index contributed by atoms with van der Waals surface area (Å²) in [5.74, 6) is 0. The van der Waals surface area contributed by atoms with Crippen LogP contribution in [0.2, 0.25) is 0 Å². The van der Waals surface area contributed by atoms with Gasteiger partial charge in [0, 0.05) is 27.7 Å². The minimum absolute atomic E-state index is 0.473. The molecule has 10 aromatic rings. The summed E-state index contributed by atoms with van der Waals surface area (Å²) < 4.78 is 2.43. The van der Waals surface area contributed by atoms with Crippen LogP contribution in [0, 0.1) is 0 Å². The van der Waals surface area contributed by atoms with E-state index in [9.17, 15) is 0 Å². The third kappa shape index (κ3) is 5.04. The molecule has 11 rings (SSSR count). The SMILES string of the molecule is c1ccc(-c2ccccc2N(c2ccc(C3(c4ccccc4)c4ccccc4-c4ccccc43)cc2)c2cccc3c4ccccc4n(-c4ccccc4)c23)cc1. The fraction of sp³-hybridized carbons (Fsp3) is 0.0182. The molecule has 0 N–H and O–H groups in total. The molecule has 0 atom stereocenters. The van der Waals surface area contributed by atoms with E-state index in [1.54, 1.807) is 0 Å². The van der Waals surface area contributed by atoms with Crippen LogP contribution in [0.3, 0.4) is 0 Å². The monoisotopic (exact) mass is 726 g/mol. The average molecular weight is 727 g/mol. The number of hydrogen-bond donors (Lipinski definition) is 0. The van der Waals surface area contributed by atoms with Crippen LogP contribution in [0.25, 0.3) is 49.7 Å². The van der Waals surface area contributed by atoms with Crippen molar-refractivity contribution in [2.75, 3.05) is 4.90 Å². The quantitative estimate of drug-likeness (QED) is 0.159. The largest absolute Gasteiger partial charge is 0.308 e. The van der Waals surface area contributed by atoms with Gasteiger partial charge in [0.2, 0.25) is 0 Å². The molecule has 2 nitrogen and oxygen atoms in total. The summed E-state index contributed by atoms with van der Waals surface area (Å²) in [6, 6.07) is 84.2. The summed E-state index contributed by atoms with van der Waals surface area (Å²) in [7, 11) is 0. The Bertz CT molecular complexity index is 3010. The van der Waals surface area contributed by atoms with Gasteiger partial charge in [0.1, 0.15) is 0 Å². The molecule has 1 aromatic heterocycles. The molecule has 0 amide bonds. The number of para-hydroxylation sites is 4. The van der Waals surface area contributed by atoms with E-state index in [-0.39, 0.29) is 0 Å². The molecule has 0 aliphatic heterocycles. The van der Waals surface area contributed by atoms with E-state index in [1.165, 1.54) is 60.8 Å². The highest BCUT2D eigenvalue weighted by Crippen LogP contribution is 2.56. The minimum atomic E-state index is -0.473. The number of fused-ring (bicyclic) bond motifs is 6. The van der Waals surface area contributed by atoms with Gasteiger partial charge in [-0.1, -0.05) is 188 Å². The van der Waals surface area contributed by atoms with E-state index >= 15 is 0 Å². The number of aromatic nitrogens is 1. The van der Waals surface area contributed by atoms with Gasteiger partial charge >= 0.3 is 0 Å². The van der Waals surface area contributed by atoms with Crippen molar-refractivity contribution in [1.82, 2.24) is 4.57 Å². The van der Waals surface area contributed by atoms with Crippen LogP contribution in [0.5, 0.6) is 0 Å². The van der Waals surface area contributed by atoms with E-state index in [4.69, 9.17) is 0 Å². The molecular weight excluding hydrogens is 689 g/mol. The van der Waals surface area contributed by atoms with E-state index < -0.39 is 5.41 Å². The Morgan fingerprint density at radius 1 is 0.351 bits per heavy atom. The van der Waals surface area contributed by atoms with E-state index in [0.717, 1.165) is 28.3 Å². The third-order valence-corrected chi connectivity index (χ3v) is 11.9. The first-order chi connectivity index (χ1) is 28.3. The van der Waals surface area contributed by atoms with Crippen LogP contribution in [-0.4, -0.2) is 4.57 Å². The van der Waals surface area contributed by atoms with Crippen LogP contribution < -0.4 is 4.90 Å². The Labute approximate surface area is 333 Å². The molecule has 1 aliphatic carbocycles. The number of benzene rings is 9. The summed E-state index contributed by atoms with van der Waals surface area (Å²) in [5.41, 5.74) is 16.4. The predicted molar refractivity (Wildman–Crippen MR) is 238 cm³/mol. The van der Waals surface area contributed by atoms with Gasteiger partial charge in [0.15, 0.2) is 0 Å². The van der Waals surface area contributed by atoms with Gasteiger partial charge in [-0.2, -0.15) is 0 Å². The minimum Gasteiger partial charge on any atom is -0.308 e. The van der Waals surface area contributed by atoms with Crippen LogP contribution in [-0.2, 0) is 5.41 Å². The molecule has 0 saturated carbocycles. The van der Waals surface area contributed by atoms with Crippen LogP contribution >= 0.6 is 0 Å². The number of anilines is 3. The third-order valence-electron chi connectivity index (χ3n) is 11.9. The van der Waals surface area contributed by atoms with Gasteiger partial charge in [-0.15, -0.1) is 0 Å². The first kappa shape index (κ1) is 33.0. The molecule has 1 heterocycles. The molecule has 0 bridgehead atoms. The number of nitrogens with zero attached hydrogens (tertiary/aromatic N) is 2. The van der Waals surface area contributed by atoms with Crippen molar-refractivity contribution in [3.63, 3.8) is 0 Å². The summed E-state index contributed by atoms with van der Waals surface area (Å²) >= 11 is 0. The van der Waals surface area contributed by atoms with Gasteiger partial charge in [0.25, 0.3) is 0 Å². The summed E-state index contributed by atoms with van der Waals surface area (Å²) in [6.45, 7) is 0. The highest BCUT2D eigenvalue weighted by molar-refractivity contribution is 6.14. The zero-order chi connectivity index (χ0) is 37.8. The first-order valence-corrected chi connectivity index (χ1v) is 19.7. The lowest BCUT2D eigenvalue weighted by molar-refractivity contribution is 0.768. The average Bonchev–Trinajstić information content (AvgIpc) is 3.79. The van der Waals surface area contributed by atoms with Crippen LogP contribution in [0.4, 0.5) is 17.1 Å². The molecular formula is C55H38N2. The molecule has 0 unspecified atom stereocenters. The summed E-state index contributed by atoms with van der Waals surface area (Å²) in [4.78, 5) is 2.47. The standard InChI is InChI=1S/C55H38N2/c1-4-19-39(20-5-1)44-25-12-16-32-51(44)56(53-34-18-29-48-47-28-13-17-33-52(47)57(54(48)53)42-23-8-3-9-24-42)43-37-35-41(36-38-43)55(40-21-6-2-7-22-40)49-30-14-10-26-45(49)46-27-11-15-31-50(46)55/h1-38H. The Morgan fingerprint density at radius 3 is 1.56 bits per heavy atom. The number of hydrogen-bond acceptors (Lipinski definition) is 1. The fourth-order valence-electron chi connectivity index (χ4n) is 9.54. The van der Waals surface area contributed by atoms with Crippen molar-refractivity contribution in [2.24, 2.45) is 0 Å². The van der Waals surface area contributed by atoms with E-state index in [1.807, 2.05) is 0 Å². The Morgan fingerprint density at radius 2 is 0.860 bits per heavy atom. The van der Waals surface area contributed by atoms with Gasteiger partial charge < -0.3 is 9.47 Å². The number of rotatable bonds is 7. The molecule has 2 heteroatoms. The van der Waals surface area contributed by atoms with Gasteiger partial charge in [-0.25, -0.2) is 0 Å². The maximum atomic E-state index is 2.47. The first-order valence-electron chi connectivity index (χ1n) is 19.7. The smallest absolute Gasteiger partial charge is 0.0782 e. The molecule has 9 aromatic carbocycles. The molecule has 268 valence electrons. The topological polar surface area (TPSA) is 8.17 Å². The van der Waals surface area contributed by atoms with Crippen molar-refractivity contribution < 1.29 is 0 Å². The van der Waals surface area contributed by atoms with Crippen LogP contribution in [0.1, 0.15) is 22.3 Å². The summed E-state index contributed by atoms with van der Waals surface area (Å²) in [6.07, 6.45) is 0. The lowest BCUT2D eigenvalue weighted by Crippen LogP contribution is -2.28. The molecule has 0 fully saturated rings. The van der Waals surface area contributed by atoms with Crippen molar-refractivity contribution >= 4 is 38.9 Å². The normalized spacial score (nSPS) is 12.7. The molecule has 1 aliphatic rings. The zero-order valence-electron chi connectivity index (χ0n) is 31.3. The second kappa shape index (κ2) is 13.4. The van der Waals surface area contributed by atoms with Crippen molar-refractivity contribution in [2.45, 2.75) is 5.41 Å². The van der Waals surface area contributed by atoms with Gasteiger partial charge in [-0.05, 0) is 81.4 Å². The van der Waals surface area contributed by atoms with E-state index in [0.29, 0.717) is 0 Å². The second-order valence-electron chi connectivity index (χ2n) is 14.8. The molecule has 57 heavy (non-hydrogen) atoms. The zero-order valence-corrected chi connectivity index (χ0v) is 31.3. The van der Waals surface area contributed by atoms with Crippen molar-refractivity contribution in [3.8, 4) is 27.9 Å². The van der Waals surface area contributed by atoms with Crippen molar-refractivity contribution in [3.05, 3.63) is 253 Å². The summed E-state index contributed by atoms with van der Waals surface area (Å²) in [5, 5.41) is 2.45. The highest BCUT2D eigenvalue weighted by Gasteiger charge is 2.45. The maximum absolute atomic E-state index is 2.47. The lowest BCUT2D eigenvalue weighted by atomic mass is 9.68. The second-order valence-corrected chi connectivity index (χ2v) is 14.8. The Kier molecular flexibility index (Phi) is 7.75. The van der Waals surface area contributed by atoms with Crippen LogP contribution in [0.15, 0.2) is 231 Å². The van der Waals surface area contributed by atoms with Gasteiger partial charge in [0.05, 0.1) is 27.8 Å². The molecule has 0 radical (unpaired) electrons. The Balaban J connectivity index is 1.19. The molecule has 0 saturated heterocycles. The predicted octanol–water partition coefficient (Wildman–Crippen LogP) is 14.3. The molecule has 0 spiro atoms. The maximum Gasteiger partial charge on any atom is 0.0782 e.